The zero-order chi connectivity index (χ0) is 16.0. The topological polar surface area (TPSA) is 61.6 Å². The predicted octanol–water partition coefficient (Wildman–Crippen LogP) is 2.67. The maximum absolute atomic E-state index is 10.5. The Labute approximate surface area is 158 Å². The molecule has 2 rings (SSSR count). The van der Waals surface area contributed by atoms with Crippen LogP contribution in [0.1, 0.15) is 25.0 Å². The maximum atomic E-state index is 10.5. The lowest BCUT2D eigenvalue weighted by molar-refractivity contribution is 0.0621. The summed E-state index contributed by atoms with van der Waals surface area (Å²) in [5.41, 5.74) is 1.16. The van der Waals surface area contributed by atoms with Crippen LogP contribution >= 0.6 is 35.3 Å². The number of nitrogens with one attached hydrogen (secondary N) is 2. The van der Waals surface area contributed by atoms with E-state index in [1.165, 1.54) is 0 Å². The summed E-state index contributed by atoms with van der Waals surface area (Å²) in [7, 11) is 1.99. The van der Waals surface area contributed by atoms with Gasteiger partial charge in [0.1, 0.15) is 5.60 Å². The SMILES string of the molecule is CCNC(=NCc1ccn(C)c1)NCC(C)(O)c1ccsc1.I. The number of hydrogen-bond donors (Lipinski definition) is 3. The minimum Gasteiger partial charge on any atom is -0.384 e. The number of aromatic nitrogens is 1. The highest BCUT2D eigenvalue weighted by Crippen LogP contribution is 2.21. The van der Waals surface area contributed by atoms with Crippen molar-refractivity contribution in [1.29, 1.82) is 0 Å². The molecular formula is C16H25IN4OS. The van der Waals surface area contributed by atoms with Crippen LogP contribution < -0.4 is 10.6 Å². The van der Waals surface area contributed by atoms with Gasteiger partial charge in [-0.3, -0.25) is 0 Å². The van der Waals surface area contributed by atoms with Crippen molar-refractivity contribution in [2.75, 3.05) is 13.1 Å². The number of guanidine groups is 1. The highest BCUT2D eigenvalue weighted by atomic mass is 127. The molecule has 1 atom stereocenters. The smallest absolute Gasteiger partial charge is 0.191 e. The largest absolute Gasteiger partial charge is 0.384 e. The molecule has 0 aliphatic rings. The highest BCUT2D eigenvalue weighted by Gasteiger charge is 2.23. The summed E-state index contributed by atoms with van der Waals surface area (Å²) in [4.78, 5) is 4.55. The van der Waals surface area contributed by atoms with Crippen LogP contribution in [-0.2, 0) is 19.2 Å². The highest BCUT2D eigenvalue weighted by molar-refractivity contribution is 14.0. The van der Waals surface area contributed by atoms with E-state index in [0.29, 0.717) is 19.0 Å². The first-order chi connectivity index (χ1) is 10.5. The molecular weight excluding hydrogens is 423 g/mol. The summed E-state index contributed by atoms with van der Waals surface area (Å²) in [5, 5.41) is 20.9. The van der Waals surface area contributed by atoms with E-state index in [2.05, 4.69) is 27.9 Å². The van der Waals surface area contributed by atoms with Crippen LogP contribution in [0.25, 0.3) is 0 Å². The van der Waals surface area contributed by atoms with Crippen molar-refractivity contribution in [3.05, 3.63) is 46.4 Å². The zero-order valence-electron chi connectivity index (χ0n) is 13.7. The maximum Gasteiger partial charge on any atom is 0.191 e. The minimum absolute atomic E-state index is 0. The standard InChI is InChI=1S/C16H24N4OS.HI/c1-4-17-15(18-9-13-5-7-20(3)10-13)19-12-16(2,21)14-6-8-22-11-14;/h5-8,10-11,21H,4,9,12H2,1-3H3,(H2,17,18,19);1H. The Morgan fingerprint density at radius 3 is 2.74 bits per heavy atom. The Hall–Kier alpha value is -1.06. The summed E-state index contributed by atoms with van der Waals surface area (Å²) >= 11 is 1.58. The van der Waals surface area contributed by atoms with Crippen LogP contribution in [0.5, 0.6) is 0 Å². The van der Waals surface area contributed by atoms with Gasteiger partial charge in [-0.25, -0.2) is 4.99 Å². The number of aliphatic hydroxyl groups is 1. The average Bonchev–Trinajstić information content (AvgIpc) is 3.13. The molecule has 0 aromatic carbocycles. The fourth-order valence-electron chi connectivity index (χ4n) is 2.10. The van der Waals surface area contributed by atoms with E-state index in [9.17, 15) is 5.11 Å². The second-order valence-corrected chi connectivity index (χ2v) is 6.30. The fourth-order valence-corrected chi connectivity index (χ4v) is 2.88. The molecule has 0 amide bonds. The summed E-state index contributed by atoms with van der Waals surface area (Å²) in [6.45, 7) is 5.63. The van der Waals surface area contributed by atoms with Crippen molar-refractivity contribution >= 4 is 41.3 Å². The first-order valence-electron chi connectivity index (χ1n) is 7.39. The van der Waals surface area contributed by atoms with Gasteiger partial charge in [-0.15, -0.1) is 24.0 Å². The van der Waals surface area contributed by atoms with Gasteiger partial charge in [0.2, 0.25) is 0 Å². The first kappa shape index (κ1) is 20.0. The van der Waals surface area contributed by atoms with Crippen LogP contribution in [0, 0.1) is 0 Å². The fraction of sp³-hybridized carbons (Fsp3) is 0.438. The van der Waals surface area contributed by atoms with E-state index in [-0.39, 0.29) is 24.0 Å². The summed E-state index contributed by atoms with van der Waals surface area (Å²) in [5.74, 6) is 0.710. The molecule has 0 saturated carbocycles. The van der Waals surface area contributed by atoms with Crippen LogP contribution in [-0.4, -0.2) is 28.7 Å². The number of thiophene rings is 1. The van der Waals surface area contributed by atoms with Crippen LogP contribution in [0.15, 0.2) is 40.3 Å². The van der Waals surface area contributed by atoms with Crippen molar-refractivity contribution < 1.29 is 5.11 Å². The predicted molar refractivity (Wildman–Crippen MR) is 108 cm³/mol. The number of halogens is 1. The molecule has 0 radical (unpaired) electrons. The van der Waals surface area contributed by atoms with E-state index in [1.54, 1.807) is 11.3 Å². The van der Waals surface area contributed by atoms with Crippen molar-refractivity contribution in [2.45, 2.75) is 26.0 Å². The molecule has 7 heteroatoms. The van der Waals surface area contributed by atoms with E-state index >= 15 is 0 Å². The van der Waals surface area contributed by atoms with Crippen LogP contribution in [0.4, 0.5) is 0 Å². The van der Waals surface area contributed by atoms with Gasteiger partial charge in [-0.1, -0.05) is 0 Å². The Kier molecular flexibility index (Phi) is 8.07. The van der Waals surface area contributed by atoms with E-state index < -0.39 is 5.60 Å². The molecule has 0 spiro atoms. The molecule has 0 saturated heterocycles. The molecule has 0 aliphatic heterocycles. The molecule has 23 heavy (non-hydrogen) atoms. The molecule has 0 bridgehead atoms. The van der Waals surface area contributed by atoms with Gasteiger partial charge < -0.3 is 20.3 Å². The van der Waals surface area contributed by atoms with Crippen LogP contribution in [0.3, 0.4) is 0 Å². The molecule has 0 aliphatic carbocycles. The number of aryl methyl sites for hydroxylation is 1. The number of rotatable bonds is 6. The van der Waals surface area contributed by atoms with Crippen molar-refractivity contribution in [3.63, 3.8) is 0 Å². The van der Waals surface area contributed by atoms with Crippen molar-refractivity contribution in [1.82, 2.24) is 15.2 Å². The molecule has 0 fully saturated rings. The molecule has 128 valence electrons. The van der Waals surface area contributed by atoms with Crippen LogP contribution in [0.2, 0.25) is 0 Å². The number of aliphatic imine (C=N–C) groups is 1. The minimum atomic E-state index is -0.914. The summed E-state index contributed by atoms with van der Waals surface area (Å²) in [6.07, 6.45) is 4.06. The lowest BCUT2D eigenvalue weighted by Gasteiger charge is -2.24. The van der Waals surface area contributed by atoms with Gasteiger partial charge >= 0.3 is 0 Å². The molecule has 2 aromatic heterocycles. The third kappa shape index (κ3) is 6.15. The molecule has 1 unspecified atom stereocenters. The Morgan fingerprint density at radius 1 is 1.39 bits per heavy atom. The third-order valence-electron chi connectivity index (χ3n) is 3.40. The van der Waals surface area contributed by atoms with Gasteiger partial charge in [0, 0.05) is 26.0 Å². The lowest BCUT2D eigenvalue weighted by atomic mass is 9.99. The van der Waals surface area contributed by atoms with Gasteiger partial charge in [0.25, 0.3) is 0 Å². The van der Waals surface area contributed by atoms with Gasteiger partial charge in [0.15, 0.2) is 5.96 Å². The third-order valence-corrected chi connectivity index (χ3v) is 4.08. The van der Waals surface area contributed by atoms with E-state index in [0.717, 1.165) is 17.7 Å². The van der Waals surface area contributed by atoms with Gasteiger partial charge in [-0.2, -0.15) is 11.3 Å². The molecule has 5 nitrogen and oxygen atoms in total. The molecule has 2 heterocycles. The number of hydrogen-bond acceptors (Lipinski definition) is 3. The quantitative estimate of drug-likeness (QED) is 0.362. The van der Waals surface area contributed by atoms with Crippen molar-refractivity contribution in [2.24, 2.45) is 12.0 Å². The molecule has 3 N–H and O–H groups in total. The molecule has 2 aromatic rings. The van der Waals surface area contributed by atoms with Gasteiger partial charge in [0.05, 0.1) is 13.1 Å². The van der Waals surface area contributed by atoms with E-state index in [1.807, 2.05) is 48.5 Å². The Balaban J connectivity index is 0.00000264. The first-order valence-corrected chi connectivity index (χ1v) is 8.33. The monoisotopic (exact) mass is 448 g/mol. The normalized spacial score (nSPS) is 14.0. The Morgan fingerprint density at radius 2 is 2.17 bits per heavy atom. The summed E-state index contributed by atoms with van der Waals surface area (Å²) in [6, 6.07) is 4.00. The summed E-state index contributed by atoms with van der Waals surface area (Å²) < 4.78 is 2.01. The lowest BCUT2D eigenvalue weighted by Crippen LogP contribution is -2.44. The second-order valence-electron chi connectivity index (χ2n) is 5.52. The number of nitrogens with zero attached hydrogens (tertiary/aromatic N) is 2. The van der Waals surface area contributed by atoms with Gasteiger partial charge in [-0.05, 0) is 47.9 Å². The zero-order valence-corrected chi connectivity index (χ0v) is 16.9. The van der Waals surface area contributed by atoms with Crippen molar-refractivity contribution in [3.8, 4) is 0 Å². The van der Waals surface area contributed by atoms with E-state index in [4.69, 9.17) is 0 Å². The average molecular weight is 448 g/mol. The second kappa shape index (κ2) is 9.29. The Bertz CT molecular complexity index is 607.